The Morgan fingerprint density at radius 1 is 1.12 bits per heavy atom. The maximum atomic E-state index is 13.1. The van der Waals surface area contributed by atoms with Crippen LogP contribution in [0.5, 0.6) is 5.75 Å². The average molecular weight is 477 g/mol. The number of benzene rings is 2. The molecular weight excluding hydrogens is 454 g/mol. The Bertz CT molecular complexity index is 1190. The number of esters is 1. The van der Waals surface area contributed by atoms with Crippen molar-refractivity contribution in [3.63, 3.8) is 0 Å². The molecule has 2 aromatic rings. The SMILES string of the molecule is CCOc1ccc(NC(=O)c2cc(C(=O)OC)cc([N+](=O)[O-])c2)cc1S(=O)(=O)N1CCCC1. The molecule has 1 saturated heterocycles. The third-order valence-electron chi connectivity index (χ3n) is 5.00. The summed E-state index contributed by atoms with van der Waals surface area (Å²) in [5.41, 5.74) is -0.650. The molecule has 12 heteroatoms. The Balaban J connectivity index is 1.97. The number of hydrogen-bond donors (Lipinski definition) is 1. The van der Waals surface area contributed by atoms with Gasteiger partial charge in [0.15, 0.2) is 0 Å². The zero-order valence-electron chi connectivity index (χ0n) is 18.1. The summed E-state index contributed by atoms with van der Waals surface area (Å²) in [7, 11) is -2.73. The number of rotatable bonds is 8. The highest BCUT2D eigenvalue weighted by atomic mass is 32.2. The number of carbonyl (C=O) groups is 2. The van der Waals surface area contributed by atoms with Gasteiger partial charge in [-0.25, -0.2) is 13.2 Å². The minimum absolute atomic E-state index is 0.0849. The molecule has 0 unspecified atom stereocenters. The number of nitro groups is 1. The number of carbonyl (C=O) groups excluding carboxylic acids is 2. The molecule has 1 aliphatic heterocycles. The van der Waals surface area contributed by atoms with E-state index in [1.54, 1.807) is 6.92 Å². The second-order valence-electron chi connectivity index (χ2n) is 7.18. The van der Waals surface area contributed by atoms with Crippen LogP contribution in [0.15, 0.2) is 41.3 Å². The number of anilines is 1. The van der Waals surface area contributed by atoms with Crippen LogP contribution < -0.4 is 10.1 Å². The molecule has 0 radical (unpaired) electrons. The second-order valence-corrected chi connectivity index (χ2v) is 9.08. The molecule has 33 heavy (non-hydrogen) atoms. The van der Waals surface area contributed by atoms with Crippen molar-refractivity contribution in [2.45, 2.75) is 24.7 Å². The molecule has 0 aliphatic carbocycles. The lowest BCUT2D eigenvalue weighted by molar-refractivity contribution is -0.384. The first-order valence-corrected chi connectivity index (χ1v) is 11.6. The fraction of sp³-hybridized carbons (Fsp3) is 0.333. The van der Waals surface area contributed by atoms with E-state index in [0.717, 1.165) is 38.2 Å². The monoisotopic (exact) mass is 477 g/mol. The summed E-state index contributed by atoms with van der Waals surface area (Å²) in [5, 5.41) is 13.7. The first-order chi connectivity index (χ1) is 15.7. The quantitative estimate of drug-likeness (QED) is 0.347. The van der Waals surface area contributed by atoms with E-state index in [2.05, 4.69) is 10.1 Å². The molecule has 0 saturated carbocycles. The van der Waals surface area contributed by atoms with Gasteiger partial charge in [-0.15, -0.1) is 0 Å². The fourth-order valence-corrected chi connectivity index (χ4v) is 5.09. The molecular formula is C21H23N3O8S. The van der Waals surface area contributed by atoms with Gasteiger partial charge in [-0.3, -0.25) is 14.9 Å². The molecule has 0 bridgehead atoms. The normalized spacial score (nSPS) is 14.0. The number of nitro benzene ring substituents is 1. The van der Waals surface area contributed by atoms with Gasteiger partial charge in [0.1, 0.15) is 10.6 Å². The number of sulfonamides is 1. The molecule has 1 amide bonds. The molecule has 1 fully saturated rings. The van der Waals surface area contributed by atoms with Gasteiger partial charge in [-0.2, -0.15) is 4.31 Å². The number of nitrogens with zero attached hydrogens (tertiary/aromatic N) is 2. The van der Waals surface area contributed by atoms with Gasteiger partial charge in [0.2, 0.25) is 10.0 Å². The van der Waals surface area contributed by atoms with Crippen LogP contribution in [-0.4, -0.2) is 56.3 Å². The smallest absolute Gasteiger partial charge is 0.338 e. The molecule has 0 spiro atoms. The Labute approximate surface area is 190 Å². The third kappa shape index (κ3) is 5.29. The highest BCUT2D eigenvalue weighted by Crippen LogP contribution is 2.32. The van der Waals surface area contributed by atoms with E-state index >= 15 is 0 Å². The summed E-state index contributed by atoms with van der Waals surface area (Å²) >= 11 is 0. The van der Waals surface area contributed by atoms with E-state index in [9.17, 15) is 28.1 Å². The molecule has 2 aromatic carbocycles. The van der Waals surface area contributed by atoms with E-state index in [4.69, 9.17) is 4.74 Å². The summed E-state index contributed by atoms with van der Waals surface area (Å²) in [6, 6.07) is 7.36. The number of amides is 1. The fourth-order valence-electron chi connectivity index (χ4n) is 3.42. The highest BCUT2D eigenvalue weighted by Gasteiger charge is 2.30. The van der Waals surface area contributed by atoms with Gasteiger partial charge >= 0.3 is 5.97 Å². The Morgan fingerprint density at radius 2 is 1.79 bits per heavy atom. The standard InChI is InChI=1S/C21H23N3O8S/c1-3-32-18-7-6-16(13-19(18)33(29,30)23-8-4-5-9-23)22-20(25)14-10-15(21(26)31-2)12-17(11-14)24(27)28/h6-7,10-13H,3-5,8-9H2,1-2H3,(H,22,25). The zero-order chi connectivity index (χ0) is 24.2. The second kappa shape index (κ2) is 9.96. The van der Waals surface area contributed by atoms with Gasteiger partial charge in [-0.05, 0) is 44.0 Å². The van der Waals surface area contributed by atoms with Crippen LogP contribution in [0.25, 0.3) is 0 Å². The van der Waals surface area contributed by atoms with Crippen molar-refractivity contribution in [2.75, 3.05) is 32.1 Å². The van der Waals surface area contributed by atoms with Crippen molar-refractivity contribution in [3.8, 4) is 5.75 Å². The summed E-state index contributed by atoms with van der Waals surface area (Å²) < 4.78 is 37.7. The minimum Gasteiger partial charge on any atom is -0.492 e. The van der Waals surface area contributed by atoms with E-state index in [-0.39, 0.29) is 34.1 Å². The van der Waals surface area contributed by atoms with E-state index in [1.807, 2.05) is 0 Å². The van der Waals surface area contributed by atoms with Gasteiger partial charge in [0.25, 0.3) is 11.6 Å². The molecule has 1 N–H and O–H groups in total. The Hall–Kier alpha value is -3.51. The van der Waals surface area contributed by atoms with Gasteiger partial charge in [0.05, 0.1) is 24.2 Å². The van der Waals surface area contributed by atoms with Crippen molar-refractivity contribution in [1.29, 1.82) is 0 Å². The molecule has 1 heterocycles. The molecule has 1 aliphatic rings. The topological polar surface area (TPSA) is 145 Å². The highest BCUT2D eigenvalue weighted by molar-refractivity contribution is 7.89. The number of non-ortho nitro benzene ring substituents is 1. The molecule has 176 valence electrons. The van der Waals surface area contributed by atoms with Crippen molar-refractivity contribution in [3.05, 3.63) is 57.6 Å². The predicted octanol–water partition coefficient (Wildman–Crippen LogP) is 2.82. The van der Waals surface area contributed by atoms with Crippen LogP contribution in [0.3, 0.4) is 0 Å². The van der Waals surface area contributed by atoms with E-state index < -0.39 is 32.5 Å². The van der Waals surface area contributed by atoms with Crippen molar-refractivity contribution < 1.29 is 32.4 Å². The van der Waals surface area contributed by atoms with Crippen LogP contribution >= 0.6 is 0 Å². The van der Waals surface area contributed by atoms with Crippen molar-refractivity contribution in [2.24, 2.45) is 0 Å². The Kier molecular flexibility index (Phi) is 7.29. The van der Waals surface area contributed by atoms with Crippen LogP contribution in [0.4, 0.5) is 11.4 Å². The summed E-state index contributed by atoms with van der Waals surface area (Å²) in [6.07, 6.45) is 1.52. The zero-order valence-corrected chi connectivity index (χ0v) is 18.9. The van der Waals surface area contributed by atoms with Crippen LogP contribution in [0, 0.1) is 10.1 Å². The van der Waals surface area contributed by atoms with Crippen LogP contribution in [-0.2, 0) is 14.8 Å². The minimum atomic E-state index is -3.85. The predicted molar refractivity (Wildman–Crippen MR) is 118 cm³/mol. The largest absolute Gasteiger partial charge is 0.492 e. The van der Waals surface area contributed by atoms with Crippen molar-refractivity contribution >= 4 is 33.3 Å². The average Bonchev–Trinajstić information content (AvgIpc) is 3.35. The first kappa shape index (κ1) is 24.1. The first-order valence-electron chi connectivity index (χ1n) is 10.1. The Morgan fingerprint density at radius 3 is 2.39 bits per heavy atom. The van der Waals surface area contributed by atoms with Gasteiger partial charge in [-0.1, -0.05) is 0 Å². The lowest BCUT2D eigenvalue weighted by atomic mass is 10.1. The molecule has 0 atom stereocenters. The molecule has 3 rings (SSSR count). The van der Waals surface area contributed by atoms with E-state index in [0.29, 0.717) is 13.1 Å². The number of hydrogen-bond acceptors (Lipinski definition) is 8. The van der Waals surface area contributed by atoms with Crippen LogP contribution in [0.2, 0.25) is 0 Å². The van der Waals surface area contributed by atoms with E-state index in [1.165, 1.54) is 22.5 Å². The van der Waals surface area contributed by atoms with Crippen LogP contribution in [0.1, 0.15) is 40.5 Å². The van der Waals surface area contributed by atoms with Gasteiger partial charge < -0.3 is 14.8 Å². The summed E-state index contributed by atoms with van der Waals surface area (Å²) in [6.45, 7) is 2.77. The maximum Gasteiger partial charge on any atom is 0.338 e. The van der Waals surface area contributed by atoms with Crippen molar-refractivity contribution in [1.82, 2.24) is 4.31 Å². The molecule has 0 aromatic heterocycles. The summed E-state index contributed by atoms with van der Waals surface area (Å²) in [4.78, 5) is 35.0. The lowest BCUT2D eigenvalue weighted by Gasteiger charge is -2.19. The van der Waals surface area contributed by atoms with Gasteiger partial charge in [0, 0.05) is 36.5 Å². The lowest BCUT2D eigenvalue weighted by Crippen LogP contribution is -2.28. The number of ether oxygens (including phenoxy) is 2. The number of methoxy groups -OCH3 is 1. The maximum absolute atomic E-state index is 13.1. The summed E-state index contributed by atoms with van der Waals surface area (Å²) in [5.74, 6) is -1.45. The third-order valence-corrected chi connectivity index (χ3v) is 6.92. The number of nitrogens with one attached hydrogen (secondary N) is 1. The molecule has 11 nitrogen and oxygen atoms in total.